The molecule has 0 spiro atoms. The van der Waals surface area contributed by atoms with E-state index in [0.29, 0.717) is 0 Å². The first kappa shape index (κ1) is 12.9. The largest absolute Gasteiger partial charge is 0.396 e. The van der Waals surface area contributed by atoms with Gasteiger partial charge >= 0.3 is 0 Å². The van der Waals surface area contributed by atoms with E-state index in [2.05, 4.69) is 30.7 Å². The Morgan fingerprint density at radius 2 is 2.00 bits per heavy atom. The van der Waals surface area contributed by atoms with E-state index in [4.69, 9.17) is 5.11 Å². The van der Waals surface area contributed by atoms with Crippen LogP contribution in [0.5, 0.6) is 0 Å². The van der Waals surface area contributed by atoms with Crippen molar-refractivity contribution in [2.45, 2.75) is 19.4 Å². The summed E-state index contributed by atoms with van der Waals surface area (Å²) in [6.07, 6.45) is 0.758. The van der Waals surface area contributed by atoms with E-state index in [1.165, 1.54) is 5.56 Å². The van der Waals surface area contributed by atoms with Crippen LogP contribution >= 0.6 is 0 Å². The third-order valence-corrected chi connectivity index (χ3v) is 2.64. The van der Waals surface area contributed by atoms with Gasteiger partial charge in [-0.1, -0.05) is 42.5 Å². The zero-order valence-corrected chi connectivity index (χ0v) is 10.2. The predicted molar refractivity (Wildman–Crippen MR) is 68.3 cm³/mol. The summed E-state index contributed by atoms with van der Waals surface area (Å²) >= 11 is 0. The Labute approximate surface area is 98.2 Å². The number of likely N-dealkylation sites (N-methyl/N-ethyl adjacent to an activating group) is 1. The molecule has 1 unspecified atom stereocenters. The molecule has 1 aromatic rings. The zero-order valence-electron chi connectivity index (χ0n) is 10.2. The van der Waals surface area contributed by atoms with Crippen LogP contribution < -0.4 is 0 Å². The van der Waals surface area contributed by atoms with Crippen molar-refractivity contribution >= 4 is 0 Å². The molecule has 1 atom stereocenters. The second kappa shape index (κ2) is 6.46. The van der Waals surface area contributed by atoms with Gasteiger partial charge in [0.2, 0.25) is 0 Å². The second-order valence-electron chi connectivity index (χ2n) is 4.31. The van der Waals surface area contributed by atoms with Crippen molar-refractivity contribution in [2.24, 2.45) is 0 Å². The van der Waals surface area contributed by atoms with Crippen molar-refractivity contribution in [3.63, 3.8) is 0 Å². The van der Waals surface area contributed by atoms with Gasteiger partial charge in [-0.2, -0.15) is 0 Å². The molecule has 88 valence electrons. The zero-order chi connectivity index (χ0) is 12.0. The normalized spacial score (nSPS) is 12.8. The fraction of sp³-hybridized carbons (Fsp3) is 0.429. The highest BCUT2D eigenvalue weighted by Crippen LogP contribution is 2.22. The predicted octanol–water partition coefficient (Wildman–Crippen LogP) is 2.62. The van der Waals surface area contributed by atoms with Crippen molar-refractivity contribution in [3.8, 4) is 0 Å². The third kappa shape index (κ3) is 3.80. The molecule has 0 heterocycles. The number of aliphatic hydroxyl groups is 1. The lowest BCUT2D eigenvalue weighted by molar-refractivity contribution is 0.195. The lowest BCUT2D eigenvalue weighted by atomic mass is 10.0. The van der Waals surface area contributed by atoms with Gasteiger partial charge in [0.1, 0.15) is 0 Å². The minimum atomic E-state index is 0.208. The standard InChI is InChI=1S/C14H21NO/c1-12(2)11-15(3)14(9-10-16)13-7-5-4-6-8-13/h4-8,14,16H,1,9-11H2,2-3H3. The molecular formula is C14H21NO. The summed E-state index contributed by atoms with van der Waals surface area (Å²) in [6, 6.07) is 10.6. The van der Waals surface area contributed by atoms with Crippen LogP contribution in [0.2, 0.25) is 0 Å². The van der Waals surface area contributed by atoms with Gasteiger partial charge < -0.3 is 5.11 Å². The molecule has 1 N–H and O–H groups in total. The maximum Gasteiger partial charge on any atom is 0.0449 e. The van der Waals surface area contributed by atoms with E-state index in [1.807, 2.05) is 25.1 Å². The molecule has 0 saturated carbocycles. The van der Waals surface area contributed by atoms with Gasteiger partial charge in [-0.25, -0.2) is 0 Å². The molecule has 0 aliphatic rings. The lowest BCUT2D eigenvalue weighted by Crippen LogP contribution is -2.27. The lowest BCUT2D eigenvalue weighted by Gasteiger charge is -2.28. The molecule has 16 heavy (non-hydrogen) atoms. The second-order valence-corrected chi connectivity index (χ2v) is 4.31. The highest BCUT2D eigenvalue weighted by molar-refractivity contribution is 5.19. The molecule has 0 bridgehead atoms. The molecule has 0 aliphatic carbocycles. The van der Waals surface area contributed by atoms with Crippen molar-refractivity contribution in [2.75, 3.05) is 20.2 Å². The van der Waals surface area contributed by atoms with Crippen LogP contribution in [0.15, 0.2) is 42.5 Å². The molecule has 2 nitrogen and oxygen atoms in total. The number of hydrogen-bond acceptors (Lipinski definition) is 2. The Morgan fingerprint density at radius 3 is 2.50 bits per heavy atom. The molecular weight excluding hydrogens is 198 g/mol. The van der Waals surface area contributed by atoms with E-state index in [9.17, 15) is 0 Å². The number of nitrogens with zero attached hydrogens (tertiary/aromatic N) is 1. The maximum atomic E-state index is 9.13. The van der Waals surface area contributed by atoms with Crippen LogP contribution in [0.3, 0.4) is 0 Å². The SMILES string of the molecule is C=C(C)CN(C)C(CCO)c1ccccc1. The van der Waals surface area contributed by atoms with E-state index >= 15 is 0 Å². The fourth-order valence-corrected chi connectivity index (χ4v) is 1.97. The number of rotatable bonds is 6. The van der Waals surface area contributed by atoms with Crippen molar-refractivity contribution in [1.29, 1.82) is 0 Å². The highest BCUT2D eigenvalue weighted by atomic mass is 16.3. The summed E-state index contributed by atoms with van der Waals surface area (Å²) in [4.78, 5) is 2.23. The van der Waals surface area contributed by atoms with Crippen molar-refractivity contribution in [3.05, 3.63) is 48.0 Å². The quantitative estimate of drug-likeness (QED) is 0.743. The maximum absolute atomic E-state index is 9.13. The smallest absolute Gasteiger partial charge is 0.0449 e. The van der Waals surface area contributed by atoms with E-state index < -0.39 is 0 Å². The molecule has 0 aliphatic heterocycles. The summed E-state index contributed by atoms with van der Waals surface area (Å²) in [5.41, 5.74) is 2.39. The summed E-state index contributed by atoms with van der Waals surface area (Å²) in [6.45, 7) is 7.02. The summed E-state index contributed by atoms with van der Waals surface area (Å²) < 4.78 is 0. The van der Waals surface area contributed by atoms with Gasteiger partial charge in [0.05, 0.1) is 0 Å². The van der Waals surface area contributed by atoms with Gasteiger partial charge in [0, 0.05) is 19.2 Å². The average molecular weight is 219 g/mol. The minimum absolute atomic E-state index is 0.208. The first-order chi connectivity index (χ1) is 7.65. The summed E-state index contributed by atoms with van der Waals surface area (Å²) in [5, 5.41) is 9.13. The van der Waals surface area contributed by atoms with Crippen LogP contribution in [-0.4, -0.2) is 30.2 Å². The molecule has 0 amide bonds. The van der Waals surface area contributed by atoms with Crippen LogP contribution in [0.4, 0.5) is 0 Å². The van der Waals surface area contributed by atoms with Gasteiger partial charge in [-0.05, 0) is 26.0 Å². The number of hydrogen-bond donors (Lipinski definition) is 1. The van der Waals surface area contributed by atoms with Crippen LogP contribution in [0.25, 0.3) is 0 Å². The average Bonchev–Trinajstić information content (AvgIpc) is 2.26. The highest BCUT2D eigenvalue weighted by Gasteiger charge is 2.15. The van der Waals surface area contributed by atoms with E-state index in [0.717, 1.165) is 18.5 Å². The van der Waals surface area contributed by atoms with E-state index in [1.54, 1.807) is 0 Å². The van der Waals surface area contributed by atoms with Gasteiger partial charge in [0.25, 0.3) is 0 Å². The Morgan fingerprint density at radius 1 is 1.38 bits per heavy atom. The Kier molecular flexibility index (Phi) is 5.23. The molecule has 1 rings (SSSR count). The Bertz CT molecular complexity index is 321. The fourth-order valence-electron chi connectivity index (χ4n) is 1.97. The third-order valence-electron chi connectivity index (χ3n) is 2.64. The molecule has 0 aromatic heterocycles. The topological polar surface area (TPSA) is 23.5 Å². The van der Waals surface area contributed by atoms with Crippen molar-refractivity contribution < 1.29 is 5.11 Å². The number of benzene rings is 1. The molecule has 0 radical (unpaired) electrons. The van der Waals surface area contributed by atoms with Crippen LogP contribution in [-0.2, 0) is 0 Å². The first-order valence-corrected chi connectivity index (χ1v) is 5.65. The van der Waals surface area contributed by atoms with Gasteiger partial charge in [0.15, 0.2) is 0 Å². The number of aliphatic hydroxyl groups excluding tert-OH is 1. The van der Waals surface area contributed by atoms with Crippen molar-refractivity contribution in [1.82, 2.24) is 4.90 Å². The summed E-state index contributed by atoms with van der Waals surface area (Å²) in [7, 11) is 2.07. The monoisotopic (exact) mass is 219 g/mol. The first-order valence-electron chi connectivity index (χ1n) is 5.65. The van der Waals surface area contributed by atoms with E-state index in [-0.39, 0.29) is 12.6 Å². The molecule has 0 saturated heterocycles. The molecule has 2 heteroatoms. The van der Waals surface area contributed by atoms with Gasteiger partial charge in [-0.3, -0.25) is 4.90 Å². The Hall–Kier alpha value is -1.12. The van der Waals surface area contributed by atoms with Crippen LogP contribution in [0.1, 0.15) is 24.9 Å². The Balaban J connectivity index is 2.78. The van der Waals surface area contributed by atoms with Gasteiger partial charge in [-0.15, -0.1) is 0 Å². The molecule has 1 aromatic carbocycles. The molecule has 0 fully saturated rings. The summed E-state index contributed by atoms with van der Waals surface area (Å²) in [5.74, 6) is 0. The minimum Gasteiger partial charge on any atom is -0.396 e. The van der Waals surface area contributed by atoms with Crippen LogP contribution in [0, 0.1) is 0 Å².